The molecule has 0 aliphatic rings. The van der Waals surface area contributed by atoms with Gasteiger partial charge in [0.05, 0.1) is 33.1 Å². The van der Waals surface area contributed by atoms with Crippen LogP contribution in [0.1, 0.15) is 17.0 Å². The van der Waals surface area contributed by atoms with Gasteiger partial charge in [-0.3, -0.25) is 0 Å². The summed E-state index contributed by atoms with van der Waals surface area (Å²) in [6.45, 7) is 0. The maximum atomic E-state index is 15.2. The minimum absolute atomic E-state index is 0.0330. The first-order valence-electron chi connectivity index (χ1n) is 8.58. The van der Waals surface area contributed by atoms with E-state index in [1.54, 1.807) is 0 Å². The van der Waals surface area contributed by atoms with Crippen LogP contribution in [0.5, 0.6) is 11.5 Å². The van der Waals surface area contributed by atoms with Crippen molar-refractivity contribution in [3.8, 4) is 28.3 Å². The molecule has 32 heavy (non-hydrogen) atoms. The van der Waals surface area contributed by atoms with Crippen molar-refractivity contribution >= 4 is 69.3 Å². The number of hydrogen-bond acceptors (Lipinski definition) is 6. The molecule has 4 aromatic rings. The third kappa shape index (κ3) is 4.67. The molecule has 0 N–H and O–H groups in total. The Morgan fingerprint density at radius 3 is 2.53 bits per heavy atom. The summed E-state index contributed by atoms with van der Waals surface area (Å²) in [5.74, 6) is -0.560. The van der Waals surface area contributed by atoms with Crippen molar-refractivity contribution in [2.45, 2.75) is 6.42 Å². The molecular formula is C20H7Cl5FN3O2S. The van der Waals surface area contributed by atoms with Gasteiger partial charge in [0, 0.05) is 10.6 Å². The van der Waals surface area contributed by atoms with E-state index in [-0.39, 0.29) is 65.3 Å². The third-order valence-corrected chi connectivity index (χ3v) is 7.18. The van der Waals surface area contributed by atoms with Crippen LogP contribution in [0.3, 0.4) is 0 Å². The zero-order valence-electron chi connectivity index (χ0n) is 15.4. The number of nitrogens with zero attached hydrogens (tertiary/aromatic N) is 3. The molecule has 4 rings (SSSR count). The molecule has 12 heteroatoms. The molecule has 0 spiro atoms. The number of thiophene rings is 1. The molecule has 0 radical (unpaired) electrons. The van der Waals surface area contributed by atoms with Gasteiger partial charge in [0.25, 0.3) is 5.89 Å². The van der Waals surface area contributed by atoms with Crippen LogP contribution in [0.15, 0.2) is 34.7 Å². The van der Waals surface area contributed by atoms with E-state index in [0.717, 1.165) is 11.3 Å². The normalized spacial score (nSPS) is 10.9. The summed E-state index contributed by atoms with van der Waals surface area (Å²) in [4.78, 5) is 0.412. The molecule has 0 aliphatic carbocycles. The van der Waals surface area contributed by atoms with Crippen molar-refractivity contribution in [3.63, 3.8) is 0 Å². The molecule has 0 aliphatic heterocycles. The predicted octanol–water partition coefficient (Wildman–Crippen LogP) is 8.46. The Bertz CT molecular complexity index is 1380. The van der Waals surface area contributed by atoms with Crippen molar-refractivity contribution in [2.24, 2.45) is 0 Å². The molecule has 0 unspecified atom stereocenters. The summed E-state index contributed by atoms with van der Waals surface area (Å²) >= 11 is 31.3. The van der Waals surface area contributed by atoms with Crippen molar-refractivity contribution in [2.75, 3.05) is 0 Å². The number of rotatable bonds is 5. The Morgan fingerprint density at radius 1 is 1.06 bits per heavy atom. The Morgan fingerprint density at radius 2 is 1.84 bits per heavy atom. The first-order chi connectivity index (χ1) is 15.3. The van der Waals surface area contributed by atoms with E-state index in [0.29, 0.717) is 4.88 Å². The average Bonchev–Trinajstić information content (AvgIpc) is 3.32. The predicted molar refractivity (Wildman–Crippen MR) is 123 cm³/mol. The van der Waals surface area contributed by atoms with Crippen LogP contribution >= 0.6 is 69.3 Å². The highest BCUT2D eigenvalue weighted by molar-refractivity contribution is 7.20. The van der Waals surface area contributed by atoms with Crippen molar-refractivity contribution in [3.05, 3.63) is 77.6 Å². The lowest BCUT2D eigenvalue weighted by Crippen LogP contribution is -1.98. The van der Waals surface area contributed by atoms with Gasteiger partial charge in [-0.25, -0.2) is 4.39 Å². The highest BCUT2D eigenvalue weighted by Gasteiger charge is 2.22. The molecular weight excluding hydrogens is 543 g/mol. The molecule has 2 aromatic heterocycles. The minimum atomic E-state index is -0.726. The summed E-state index contributed by atoms with van der Waals surface area (Å²) in [6, 6.07) is 9.20. The molecule has 2 heterocycles. The Hall–Kier alpha value is -2.05. The zero-order valence-corrected chi connectivity index (χ0v) is 20.0. The van der Waals surface area contributed by atoms with Gasteiger partial charge in [0.1, 0.15) is 15.0 Å². The Labute approximate surface area is 209 Å². The van der Waals surface area contributed by atoms with Gasteiger partial charge in [-0.1, -0.05) is 64.1 Å². The van der Waals surface area contributed by atoms with Crippen molar-refractivity contribution < 1.29 is 13.5 Å². The van der Waals surface area contributed by atoms with Crippen LogP contribution in [0.25, 0.3) is 10.8 Å². The lowest BCUT2D eigenvalue weighted by Gasteiger charge is -2.11. The van der Waals surface area contributed by atoms with Crippen LogP contribution in [-0.2, 0) is 6.42 Å². The van der Waals surface area contributed by atoms with Gasteiger partial charge in [0.2, 0.25) is 5.89 Å². The lowest BCUT2D eigenvalue weighted by molar-refractivity contribution is 0.437. The van der Waals surface area contributed by atoms with E-state index in [4.69, 9.17) is 72.4 Å². The number of hydrogen-bond donors (Lipinski definition) is 0. The largest absolute Gasteiger partial charge is 0.453 e. The lowest BCUT2D eigenvalue weighted by atomic mass is 10.1. The van der Waals surface area contributed by atoms with Gasteiger partial charge in [-0.2, -0.15) is 5.26 Å². The second-order valence-electron chi connectivity index (χ2n) is 6.25. The number of benzene rings is 2. The minimum Gasteiger partial charge on any atom is -0.453 e. The monoisotopic (exact) mass is 547 g/mol. The number of nitriles is 1. The van der Waals surface area contributed by atoms with Crippen LogP contribution in [0.2, 0.25) is 24.4 Å². The van der Waals surface area contributed by atoms with Crippen LogP contribution in [0.4, 0.5) is 4.39 Å². The molecule has 5 nitrogen and oxygen atoms in total. The standard InChI is InChI=1S/C20H7Cl5FN3O2S/c21-10-3-8(7-27)4-11(6-10)30-17-12(22)2-1-9(16(17)26)5-13-28-29-20(31-13)18-14(23)15(24)19(25)32-18/h1-4,6H,5H2. The second kappa shape index (κ2) is 9.44. The summed E-state index contributed by atoms with van der Waals surface area (Å²) in [7, 11) is 0. The molecule has 162 valence electrons. The van der Waals surface area contributed by atoms with Crippen molar-refractivity contribution in [1.29, 1.82) is 5.26 Å². The van der Waals surface area contributed by atoms with Crippen molar-refractivity contribution in [1.82, 2.24) is 10.2 Å². The SMILES string of the molecule is N#Cc1cc(Cl)cc(Oc2c(Cl)ccc(Cc3nnc(-c4sc(Cl)c(Cl)c4Cl)o3)c2F)c1. The molecule has 0 saturated heterocycles. The first-order valence-corrected chi connectivity index (χ1v) is 11.3. The number of ether oxygens (including phenoxy) is 1. The summed E-state index contributed by atoms with van der Waals surface area (Å²) in [5.41, 5.74) is 0.446. The van der Waals surface area contributed by atoms with Gasteiger partial charge >= 0.3 is 0 Å². The smallest absolute Gasteiger partial charge is 0.259 e. The van der Waals surface area contributed by atoms with E-state index in [1.165, 1.54) is 30.3 Å². The number of halogens is 6. The average molecular weight is 550 g/mol. The van der Waals surface area contributed by atoms with E-state index < -0.39 is 5.82 Å². The fraction of sp³-hybridized carbons (Fsp3) is 0.0500. The van der Waals surface area contributed by atoms with E-state index >= 15 is 4.39 Å². The summed E-state index contributed by atoms with van der Waals surface area (Å²) < 4.78 is 26.7. The van der Waals surface area contributed by atoms with Gasteiger partial charge < -0.3 is 9.15 Å². The zero-order chi connectivity index (χ0) is 23.0. The first kappa shape index (κ1) is 23.1. The molecule has 0 saturated carbocycles. The van der Waals surface area contributed by atoms with E-state index in [1.807, 2.05) is 6.07 Å². The highest BCUT2D eigenvalue weighted by Crippen LogP contribution is 2.45. The quantitative estimate of drug-likeness (QED) is 0.250. The molecule has 0 fully saturated rings. The van der Waals surface area contributed by atoms with Crippen LogP contribution < -0.4 is 4.74 Å². The fourth-order valence-electron chi connectivity index (χ4n) is 2.69. The van der Waals surface area contributed by atoms with Crippen LogP contribution in [-0.4, -0.2) is 10.2 Å². The van der Waals surface area contributed by atoms with Crippen LogP contribution in [0, 0.1) is 17.1 Å². The maximum Gasteiger partial charge on any atom is 0.259 e. The van der Waals surface area contributed by atoms with Gasteiger partial charge in [-0.15, -0.1) is 21.5 Å². The molecule has 0 atom stereocenters. The highest BCUT2D eigenvalue weighted by atomic mass is 35.5. The van der Waals surface area contributed by atoms with E-state index in [2.05, 4.69) is 10.2 Å². The van der Waals surface area contributed by atoms with Gasteiger partial charge in [0.15, 0.2) is 11.6 Å². The molecule has 0 bridgehead atoms. The summed E-state index contributed by atoms with van der Waals surface area (Å²) in [5, 5.41) is 17.6. The van der Waals surface area contributed by atoms with Gasteiger partial charge in [-0.05, 0) is 24.3 Å². The Kier molecular flexibility index (Phi) is 6.82. The molecule has 2 aromatic carbocycles. The second-order valence-corrected chi connectivity index (χ2v) is 9.47. The topological polar surface area (TPSA) is 71.9 Å². The summed E-state index contributed by atoms with van der Waals surface area (Å²) in [6.07, 6.45) is -0.0458. The number of aromatic nitrogens is 2. The fourth-order valence-corrected chi connectivity index (χ4v) is 4.82. The third-order valence-electron chi connectivity index (χ3n) is 4.11. The van der Waals surface area contributed by atoms with E-state index in [9.17, 15) is 0 Å². The maximum absolute atomic E-state index is 15.2. The Balaban J connectivity index is 1.62. The molecule has 0 amide bonds.